The summed E-state index contributed by atoms with van der Waals surface area (Å²) in [6.07, 6.45) is 2.24. The number of hydrogen-bond acceptors (Lipinski definition) is 3. The van der Waals surface area contributed by atoms with Crippen LogP contribution in [0.1, 0.15) is 5.56 Å². The maximum absolute atomic E-state index is 12.5. The fraction of sp³-hybridized carbons (Fsp3) is 0.526. The first-order valence-electron chi connectivity index (χ1n) is 8.97. The van der Waals surface area contributed by atoms with Crippen LogP contribution in [0.3, 0.4) is 0 Å². The molecular weight excluding hydrogens is 316 g/mol. The molecule has 0 spiro atoms. The Kier molecular flexibility index (Phi) is 4.39. The molecule has 3 heterocycles. The van der Waals surface area contributed by atoms with Crippen molar-refractivity contribution in [2.75, 3.05) is 46.4 Å². The molecule has 2 saturated heterocycles. The monoisotopic (exact) mass is 342 g/mol. The zero-order chi connectivity index (χ0) is 17.4. The summed E-state index contributed by atoms with van der Waals surface area (Å²) >= 11 is 0. The van der Waals surface area contributed by atoms with Gasteiger partial charge in [0.1, 0.15) is 0 Å². The molecule has 0 saturated carbocycles. The van der Waals surface area contributed by atoms with Gasteiger partial charge in [-0.2, -0.15) is 0 Å². The highest BCUT2D eigenvalue weighted by Gasteiger charge is 2.40. The lowest BCUT2D eigenvalue weighted by molar-refractivity contribution is 0.116. The van der Waals surface area contributed by atoms with Crippen LogP contribution in [0, 0.1) is 0 Å². The largest absolute Gasteiger partial charge is 0.383 e. The van der Waals surface area contributed by atoms with Crippen molar-refractivity contribution in [1.29, 1.82) is 0 Å². The van der Waals surface area contributed by atoms with Crippen molar-refractivity contribution >= 4 is 16.9 Å². The second-order valence-corrected chi connectivity index (χ2v) is 7.09. The van der Waals surface area contributed by atoms with Crippen LogP contribution in [0.5, 0.6) is 0 Å². The molecule has 1 aromatic heterocycles. The molecule has 0 unspecified atom stereocenters. The number of amides is 2. The minimum atomic E-state index is 0.173. The van der Waals surface area contributed by atoms with E-state index in [0.29, 0.717) is 19.2 Å². The maximum Gasteiger partial charge on any atom is 0.320 e. The minimum Gasteiger partial charge on any atom is -0.383 e. The van der Waals surface area contributed by atoms with Crippen molar-refractivity contribution in [3.63, 3.8) is 0 Å². The lowest BCUT2D eigenvalue weighted by Gasteiger charge is -2.36. The van der Waals surface area contributed by atoms with Crippen LogP contribution in [0.15, 0.2) is 30.5 Å². The average molecular weight is 342 g/mol. The van der Waals surface area contributed by atoms with E-state index in [4.69, 9.17) is 4.74 Å². The Bertz CT molecular complexity index is 772. The third-order valence-corrected chi connectivity index (χ3v) is 5.45. The first kappa shape index (κ1) is 16.4. The van der Waals surface area contributed by atoms with E-state index in [1.54, 1.807) is 7.11 Å². The van der Waals surface area contributed by atoms with Gasteiger partial charge in [-0.15, -0.1) is 0 Å². The van der Waals surface area contributed by atoms with E-state index in [1.165, 1.54) is 16.5 Å². The number of carbonyl (C=O) groups excluding carboxylic acids is 1. The van der Waals surface area contributed by atoms with Crippen molar-refractivity contribution in [1.82, 2.24) is 19.3 Å². The van der Waals surface area contributed by atoms with Gasteiger partial charge in [0.2, 0.25) is 0 Å². The van der Waals surface area contributed by atoms with Crippen LogP contribution in [-0.2, 0) is 18.3 Å². The Balaban J connectivity index is 1.45. The van der Waals surface area contributed by atoms with E-state index >= 15 is 0 Å². The third kappa shape index (κ3) is 3.00. The topological polar surface area (TPSA) is 41.0 Å². The number of benzene rings is 1. The minimum absolute atomic E-state index is 0.173. The quantitative estimate of drug-likeness (QED) is 0.831. The zero-order valence-corrected chi connectivity index (χ0v) is 15.0. The fourth-order valence-corrected chi connectivity index (χ4v) is 4.17. The Hall–Kier alpha value is -2.05. The summed E-state index contributed by atoms with van der Waals surface area (Å²) in [5.74, 6) is 0. The highest BCUT2D eigenvalue weighted by molar-refractivity contribution is 5.83. The number of ether oxygens (including phenoxy) is 1. The summed E-state index contributed by atoms with van der Waals surface area (Å²) in [7, 11) is 3.78. The molecule has 0 aliphatic carbocycles. The number of aryl methyl sites for hydroxylation is 1. The van der Waals surface area contributed by atoms with Gasteiger partial charge in [-0.05, 0) is 11.6 Å². The SMILES string of the molecule is COCCN1C[C@H]2CN(Cc3cn(C)c4ccccc34)CCN2C1=O. The first-order valence-corrected chi connectivity index (χ1v) is 8.97. The molecule has 1 aromatic carbocycles. The predicted octanol–water partition coefficient (Wildman–Crippen LogP) is 1.75. The van der Waals surface area contributed by atoms with Crippen LogP contribution in [0.2, 0.25) is 0 Å². The second kappa shape index (κ2) is 6.69. The molecule has 2 aromatic rings. The van der Waals surface area contributed by atoms with Crippen LogP contribution in [0.4, 0.5) is 4.79 Å². The molecule has 6 heteroatoms. The summed E-state index contributed by atoms with van der Waals surface area (Å²) in [5, 5.41) is 1.33. The van der Waals surface area contributed by atoms with Crippen LogP contribution in [-0.4, -0.2) is 77.8 Å². The smallest absolute Gasteiger partial charge is 0.320 e. The number of nitrogens with zero attached hydrogens (tertiary/aromatic N) is 4. The predicted molar refractivity (Wildman–Crippen MR) is 97.5 cm³/mol. The summed E-state index contributed by atoms with van der Waals surface area (Å²) in [6, 6.07) is 9.03. The molecule has 25 heavy (non-hydrogen) atoms. The van der Waals surface area contributed by atoms with Crippen LogP contribution >= 0.6 is 0 Å². The van der Waals surface area contributed by atoms with E-state index in [2.05, 4.69) is 47.0 Å². The lowest BCUT2D eigenvalue weighted by Crippen LogP contribution is -2.51. The first-order chi connectivity index (χ1) is 12.2. The highest BCUT2D eigenvalue weighted by Crippen LogP contribution is 2.25. The van der Waals surface area contributed by atoms with E-state index < -0.39 is 0 Å². The number of carbonyl (C=O) groups is 1. The number of urea groups is 1. The summed E-state index contributed by atoms with van der Waals surface area (Å²) in [6.45, 7) is 5.74. The van der Waals surface area contributed by atoms with E-state index in [1.807, 2.05) is 9.80 Å². The van der Waals surface area contributed by atoms with Crippen molar-refractivity contribution in [2.24, 2.45) is 7.05 Å². The normalized spacial score (nSPS) is 21.4. The summed E-state index contributed by atoms with van der Waals surface area (Å²) < 4.78 is 7.32. The Labute approximate surface area is 148 Å². The molecular formula is C19H26N4O2. The van der Waals surface area contributed by atoms with Crippen LogP contribution in [0.25, 0.3) is 10.9 Å². The van der Waals surface area contributed by atoms with Gasteiger partial charge in [-0.3, -0.25) is 4.90 Å². The molecule has 134 valence electrons. The number of fused-ring (bicyclic) bond motifs is 2. The molecule has 1 atom stereocenters. The number of methoxy groups -OCH3 is 1. The Morgan fingerprint density at radius 2 is 2.04 bits per heavy atom. The maximum atomic E-state index is 12.5. The summed E-state index contributed by atoms with van der Waals surface area (Å²) in [4.78, 5) is 18.9. The van der Waals surface area contributed by atoms with Gasteiger partial charge < -0.3 is 19.1 Å². The van der Waals surface area contributed by atoms with Gasteiger partial charge in [0.15, 0.2) is 0 Å². The van der Waals surface area contributed by atoms with Crippen LogP contribution < -0.4 is 0 Å². The van der Waals surface area contributed by atoms with E-state index in [-0.39, 0.29) is 6.03 Å². The van der Waals surface area contributed by atoms with Gasteiger partial charge in [-0.1, -0.05) is 18.2 Å². The van der Waals surface area contributed by atoms with Crippen molar-refractivity contribution in [3.8, 4) is 0 Å². The fourth-order valence-electron chi connectivity index (χ4n) is 4.17. The molecule has 0 bridgehead atoms. The van der Waals surface area contributed by atoms with Gasteiger partial charge in [0.25, 0.3) is 0 Å². The van der Waals surface area contributed by atoms with Gasteiger partial charge in [-0.25, -0.2) is 4.79 Å². The highest BCUT2D eigenvalue weighted by atomic mass is 16.5. The van der Waals surface area contributed by atoms with Gasteiger partial charge >= 0.3 is 6.03 Å². The Morgan fingerprint density at radius 3 is 2.88 bits per heavy atom. The lowest BCUT2D eigenvalue weighted by atomic mass is 10.1. The number of rotatable bonds is 5. The number of aromatic nitrogens is 1. The number of piperazine rings is 1. The second-order valence-electron chi connectivity index (χ2n) is 7.09. The van der Waals surface area contributed by atoms with Crippen molar-refractivity contribution in [3.05, 3.63) is 36.0 Å². The molecule has 6 nitrogen and oxygen atoms in total. The number of hydrogen-bond donors (Lipinski definition) is 0. The summed E-state index contributed by atoms with van der Waals surface area (Å²) in [5.41, 5.74) is 2.64. The van der Waals surface area contributed by atoms with E-state index in [0.717, 1.165) is 32.7 Å². The molecule has 2 aliphatic rings. The molecule has 4 rings (SSSR count). The third-order valence-electron chi connectivity index (χ3n) is 5.45. The molecule has 2 fully saturated rings. The van der Waals surface area contributed by atoms with Crippen molar-refractivity contribution in [2.45, 2.75) is 12.6 Å². The van der Waals surface area contributed by atoms with E-state index in [9.17, 15) is 4.79 Å². The molecule has 2 amide bonds. The molecule has 0 N–H and O–H groups in total. The molecule has 2 aliphatic heterocycles. The van der Waals surface area contributed by atoms with Gasteiger partial charge in [0, 0.05) is 70.5 Å². The molecule has 0 radical (unpaired) electrons. The van der Waals surface area contributed by atoms with Crippen molar-refractivity contribution < 1.29 is 9.53 Å². The standard InChI is InChI=1S/C19H26N4O2/c1-20-11-15(17-5-3-4-6-18(17)20)12-21-7-8-23-16(13-21)14-22(19(23)24)9-10-25-2/h3-6,11,16H,7-10,12-14H2,1-2H3/t16-/m1/s1. The van der Waals surface area contributed by atoms with Gasteiger partial charge in [0.05, 0.1) is 12.6 Å². The Morgan fingerprint density at radius 1 is 1.20 bits per heavy atom. The zero-order valence-electron chi connectivity index (χ0n) is 15.0. The average Bonchev–Trinajstić information content (AvgIpc) is 3.11. The number of para-hydroxylation sites is 1.